The third kappa shape index (κ3) is 3.91. The van der Waals surface area contributed by atoms with Crippen LogP contribution >= 0.6 is 0 Å². The molecule has 1 amide bonds. The molecule has 2 aromatic carbocycles. The zero-order valence-corrected chi connectivity index (χ0v) is 16.8. The molecule has 1 aliphatic heterocycles. The normalized spacial score (nSPS) is 15.0. The number of nitrogens with zero attached hydrogens (tertiary/aromatic N) is 1. The highest BCUT2D eigenvalue weighted by Crippen LogP contribution is 2.40. The Balaban J connectivity index is 2.07. The van der Waals surface area contributed by atoms with Gasteiger partial charge in [-0.05, 0) is 24.3 Å². The zero-order chi connectivity index (χ0) is 21.0. The van der Waals surface area contributed by atoms with Crippen LogP contribution in [-0.4, -0.2) is 53.0 Å². The van der Waals surface area contributed by atoms with E-state index >= 15 is 0 Å². The van der Waals surface area contributed by atoms with Crippen LogP contribution in [-0.2, 0) is 9.53 Å². The van der Waals surface area contributed by atoms with Crippen molar-refractivity contribution in [2.75, 3.05) is 39.9 Å². The summed E-state index contributed by atoms with van der Waals surface area (Å²) < 4.78 is 26.6. The highest BCUT2D eigenvalue weighted by molar-refractivity contribution is 6.08. The number of fused-ring (bicyclic) bond motifs is 1. The number of hydrogen-bond donors (Lipinski definition) is 0. The molecule has 0 saturated carbocycles. The van der Waals surface area contributed by atoms with E-state index in [0.29, 0.717) is 34.2 Å². The topological polar surface area (TPSA) is 83.5 Å². The molecular formula is C21H23NO7. The minimum Gasteiger partial charge on any atom is -0.493 e. The molecule has 0 fully saturated rings. The van der Waals surface area contributed by atoms with Crippen molar-refractivity contribution < 1.29 is 33.3 Å². The van der Waals surface area contributed by atoms with Crippen LogP contribution in [0.4, 0.5) is 5.69 Å². The van der Waals surface area contributed by atoms with Gasteiger partial charge in [-0.3, -0.25) is 14.5 Å². The molecule has 0 aromatic heterocycles. The summed E-state index contributed by atoms with van der Waals surface area (Å²) in [4.78, 5) is 27.0. The van der Waals surface area contributed by atoms with Gasteiger partial charge in [0, 0.05) is 5.56 Å². The maximum absolute atomic E-state index is 13.5. The number of benzene rings is 2. The van der Waals surface area contributed by atoms with Crippen LogP contribution < -0.4 is 23.8 Å². The number of carbonyl (C=O) groups is 2. The quantitative estimate of drug-likeness (QED) is 0.688. The van der Waals surface area contributed by atoms with Gasteiger partial charge in [-0.2, -0.15) is 0 Å². The Morgan fingerprint density at radius 2 is 1.69 bits per heavy atom. The molecule has 0 bridgehead atoms. The van der Waals surface area contributed by atoms with Gasteiger partial charge in [0.05, 0.1) is 46.6 Å². The molecule has 8 heteroatoms. The molecule has 0 saturated heterocycles. The number of rotatable bonds is 6. The average molecular weight is 401 g/mol. The van der Waals surface area contributed by atoms with E-state index in [1.54, 1.807) is 35.2 Å². The highest BCUT2D eigenvalue weighted by atomic mass is 16.5. The van der Waals surface area contributed by atoms with Gasteiger partial charge >= 0.3 is 5.97 Å². The van der Waals surface area contributed by atoms with Crippen molar-refractivity contribution >= 4 is 17.6 Å². The van der Waals surface area contributed by atoms with Crippen molar-refractivity contribution in [3.8, 4) is 23.0 Å². The number of carbonyl (C=O) groups excluding carboxylic acids is 2. The lowest BCUT2D eigenvalue weighted by atomic mass is 10.1. The smallest absolute Gasteiger partial charge is 0.307 e. The van der Waals surface area contributed by atoms with Gasteiger partial charge in [-0.1, -0.05) is 12.1 Å². The minimum atomic E-state index is -0.524. The monoisotopic (exact) mass is 401 g/mol. The summed E-state index contributed by atoms with van der Waals surface area (Å²) in [6.45, 7) is 0.169. The first-order valence-electron chi connectivity index (χ1n) is 8.96. The Bertz CT molecular complexity index is 887. The van der Waals surface area contributed by atoms with Gasteiger partial charge in [0.1, 0.15) is 12.4 Å². The van der Waals surface area contributed by atoms with Gasteiger partial charge in [0.2, 0.25) is 5.75 Å². The molecule has 0 spiro atoms. The fourth-order valence-electron chi connectivity index (χ4n) is 3.28. The lowest BCUT2D eigenvalue weighted by Gasteiger charge is -2.36. The van der Waals surface area contributed by atoms with E-state index in [0.717, 1.165) is 0 Å². The molecule has 2 aromatic rings. The lowest BCUT2D eigenvalue weighted by Crippen LogP contribution is -2.48. The zero-order valence-electron chi connectivity index (χ0n) is 16.8. The average Bonchev–Trinajstić information content (AvgIpc) is 2.77. The molecule has 0 N–H and O–H groups in total. The fourth-order valence-corrected chi connectivity index (χ4v) is 3.28. The van der Waals surface area contributed by atoms with E-state index in [-0.39, 0.29) is 18.9 Å². The maximum Gasteiger partial charge on any atom is 0.307 e. The summed E-state index contributed by atoms with van der Waals surface area (Å²) in [5.74, 6) is 0.923. The summed E-state index contributed by atoms with van der Waals surface area (Å²) in [7, 11) is 5.77. The molecule has 0 unspecified atom stereocenters. The van der Waals surface area contributed by atoms with Crippen molar-refractivity contribution in [3.63, 3.8) is 0 Å². The number of esters is 1. The predicted molar refractivity (Wildman–Crippen MR) is 105 cm³/mol. The summed E-state index contributed by atoms with van der Waals surface area (Å²) in [6, 6.07) is 9.81. The molecule has 1 aliphatic rings. The number of methoxy groups -OCH3 is 4. The van der Waals surface area contributed by atoms with Crippen molar-refractivity contribution in [2.45, 2.75) is 12.5 Å². The Morgan fingerprint density at radius 1 is 1.03 bits per heavy atom. The van der Waals surface area contributed by atoms with Crippen LogP contribution in [0.2, 0.25) is 0 Å². The SMILES string of the molecule is COC(=O)C[C@H]1COc2ccccc2N1C(=O)c1cc(OC)c(OC)c(OC)c1. The highest BCUT2D eigenvalue weighted by Gasteiger charge is 2.35. The second-order valence-corrected chi connectivity index (χ2v) is 6.30. The number of ether oxygens (including phenoxy) is 5. The van der Waals surface area contributed by atoms with Crippen LogP contribution in [0, 0.1) is 0 Å². The first kappa shape index (κ1) is 20.3. The first-order chi connectivity index (χ1) is 14.0. The van der Waals surface area contributed by atoms with Crippen molar-refractivity contribution in [3.05, 3.63) is 42.0 Å². The first-order valence-corrected chi connectivity index (χ1v) is 8.96. The largest absolute Gasteiger partial charge is 0.493 e. The van der Waals surface area contributed by atoms with E-state index in [1.807, 2.05) is 6.07 Å². The van der Waals surface area contributed by atoms with E-state index in [4.69, 9.17) is 23.7 Å². The molecule has 29 heavy (non-hydrogen) atoms. The molecule has 1 heterocycles. The van der Waals surface area contributed by atoms with E-state index in [2.05, 4.69) is 0 Å². The number of para-hydroxylation sites is 2. The van der Waals surface area contributed by atoms with Crippen molar-refractivity contribution in [1.82, 2.24) is 0 Å². The summed E-state index contributed by atoms with van der Waals surface area (Å²) >= 11 is 0. The molecule has 0 radical (unpaired) electrons. The summed E-state index contributed by atoms with van der Waals surface area (Å²) in [6.07, 6.45) is 0.000991. The van der Waals surface area contributed by atoms with E-state index < -0.39 is 12.0 Å². The number of hydrogen-bond acceptors (Lipinski definition) is 7. The van der Waals surface area contributed by atoms with Crippen LogP contribution in [0.5, 0.6) is 23.0 Å². The molecular weight excluding hydrogens is 378 g/mol. The Kier molecular flexibility index (Phi) is 6.11. The van der Waals surface area contributed by atoms with E-state index in [1.165, 1.54) is 28.4 Å². The van der Waals surface area contributed by atoms with Crippen molar-refractivity contribution in [1.29, 1.82) is 0 Å². The standard InChI is InChI=1S/C21H23NO7/c1-25-17-9-13(10-18(26-2)20(17)28-4)21(24)22-14(11-19(23)27-3)12-29-16-8-6-5-7-15(16)22/h5-10,14H,11-12H2,1-4H3/t14-/m0/s1. The van der Waals surface area contributed by atoms with Gasteiger partial charge in [0.15, 0.2) is 11.5 Å². The van der Waals surface area contributed by atoms with E-state index in [9.17, 15) is 9.59 Å². The Morgan fingerprint density at radius 3 is 2.28 bits per heavy atom. The molecule has 154 valence electrons. The molecule has 1 atom stereocenters. The molecule has 8 nitrogen and oxygen atoms in total. The third-order valence-electron chi connectivity index (χ3n) is 4.68. The fraction of sp³-hybridized carbons (Fsp3) is 0.333. The van der Waals surface area contributed by atoms with Gasteiger partial charge in [-0.25, -0.2) is 0 Å². The Labute approximate surface area is 168 Å². The van der Waals surface area contributed by atoms with Crippen LogP contribution in [0.15, 0.2) is 36.4 Å². The third-order valence-corrected chi connectivity index (χ3v) is 4.68. The van der Waals surface area contributed by atoms with Gasteiger partial charge < -0.3 is 23.7 Å². The second-order valence-electron chi connectivity index (χ2n) is 6.30. The van der Waals surface area contributed by atoms with Crippen LogP contribution in [0.3, 0.4) is 0 Å². The number of amides is 1. The lowest BCUT2D eigenvalue weighted by molar-refractivity contribution is -0.141. The minimum absolute atomic E-state index is 0.000991. The number of anilines is 1. The summed E-state index contributed by atoms with van der Waals surface area (Å²) in [5, 5.41) is 0. The van der Waals surface area contributed by atoms with Gasteiger partial charge in [-0.15, -0.1) is 0 Å². The predicted octanol–water partition coefficient (Wildman–Crippen LogP) is 2.68. The second kappa shape index (κ2) is 8.72. The van der Waals surface area contributed by atoms with Crippen molar-refractivity contribution in [2.24, 2.45) is 0 Å². The molecule has 3 rings (SSSR count). The Hall–Kier alpha value is -3.42. The maximum atomic E-state index is 13.5. The van der Waals surface area contributed by atoms with Gasteiger partial charge in [0.25, 0.3) is 5.91 Å². The summed E-state index contributed by atoms with van der Waals surface area (Å²) in [5.41, 5.74) is 0.900. The van der Waals surface area contributed by atoms with Crippen LogP contribution in [0.25, 0.3) is 0 Å². The molecule has 0 aliphatic carbocycles. The van der Waals surface area contributed by atoms with Crippen LogP contribution in [0.1, 0.15) is 16.8 Å².